The normalized spacial score (nSPS) is 17.4. The van der Waals surface area contributed by atoms with E-state index in [2.05, 4.69) is 14.6 Å². The summed E-state index contributed by atoms with van der Waals surface area (Å²) in [6, 6.07) is 3.14. The predicted octanol–water partition coefficient (Wildman–Crippen LogP) is 0.283. The summed E-state index contributed by atoms with van der Waals surface area (Å²) in [5, 5.41) is 0.586. The van der Waals surface area contributed by atoms with E-state index >= 15 is 0 Å². The predicted molar refractivity (Wildman–Crippen MR) is 83.2 cm³/mol. The van der Waals surface area contributed by atoms with Crippen molar-refractivity contribution in [3.05, 3.63) is 18.3 Å². The maximum Gasteiger partial charge on any atom is 0.316 e. The second-order valence-electron chi connectivity index (χ2n) is 4.90. The summed E-state index contributed by atoms with van der Waals surface area (Å²) >= 11 is 1.21. The van der Waals surface area contributed by atoms with Gasteiger partial charge in [0.15, 0.2) is 0 Å². The molecule has 122 valence electrons. The highest BCUT2D eigenvalue weighted by atomic mass is 32.2. The lowest BCUT2D eigenvalue weighted by Gasteiger charge is -2.31. The van der Waals surface area contributed by atoms with Crippen LogP contribution in [0.5, 0.6) is 0 Å². The number of piperazine rings is 1. The van der Waals surface area contributed by atoms with Gasteiger partial charge in [-0.15, -0.1) is 0 Å². The molecule has 1 aliphatic heterocycles. The fraction of sp³-hybridized carbons (Fsp3) is 0.538. The van der Waals surface area contributed by atoms with Gasteiger partial charge in [0.05, 0.1) is 17.9 Å². The minimum atomic E-state index is -3.49. The van der Waals surface area contributed by atoms with Gasteiger partial charge in [-0.1, -0.05) is 11.8 Å². The summed E-state index contributed by atoms with van der Waals surface area (Å²) in [5.41, 5.74) is 0. The van der Waals surface area contributed by atoms with Crippen LogP contribution in [0.4, 0.5) is 0 Å². The van der Waals surface area contributed by atoms with Crippen LogP contribution in [0, 0.1) is 0 Å². The molecule has 2 rings (SSSR count). The molecule has 0 radical (unpaired) electrons. The van der Waals surface area contributed by atoms with Crippen molar-refractivity contribution in [1.82, 2.24) is 14.2 Å². The Kier molecular flexibility index (Phi) is 5.79. The molecule has 0 aliphatic carbocycles. The lowest BCUT2D eigenvalue weighted by atomic mass is 10.4. The smallest absolute Gasteiger partial charge is 0.316 e. The fourth-order valence-corrected chi connectivity index (χ4v) is 4.02. The van der Waals surface area contributed by atoms with Crippen LogP contribution in [-0.2, 0) is 19.6 Å². The van der Waals surface area contributed by atoms with E-state index in [0.29, 0.717) is 18.1 Å². The van der Waals surface area contributed by atoms with E-state index in [1.54, 1.807) is 6.07 Å². The third kappa shape index (κ3) is 4.19. The van der Waals surface area contributed by atoms with E-state index in [9.17, 15) is 13.2 Å². The van der Waals surface area contributed by atoms with Gasteiger partial charge in [-0.2, -0.15) is 4.31 Å². The monoisotopic (exact) mass is 345 g/mol. The zero-order valence-electron chi connectivity index (χ0n) is 12.6. The molecule has 0 unspecified atom stereocenters. The Morgan fingerprint density at radius 2 is 2.00 bits per heavy atom. The van der Waals surface area contributed by atoms with Gasteiger partial charge in [-0.25, -0.2) is 13.4 Å². The molecule has 0 saturated carbocycles. The lowest BCUT2D eigenvalue weighted by Crippen LogP contribution is -2.47. The molecule has 1 fully saturated rings. The maximum absolute atomic E-state index is 12.5. The molecule has 1 aromatic rings. The number of esters is 1. The standard InChI is InChI=1S/C13H19N3O4S2/c1-15-5-7-16(8-6-15)22(18,19)11-3-4-12(14-9-11)21-10-13(17)20-2/h3-4,9H,5-8,10H2,1-2H3. The minimum Gasteiger partial charge on any atom is -0.468 e. The highest BCUT2D eigenvalue weighted by Crippen LogP contribution is 2.20. The summed E-state index contributed by atoms with van der Waals surface area (Å²) in [6.07, 6.45) is 1.34. The fourth-order valence-electron chi connectivity index (χ4n) is 1.97. The van der Waals surface area contributed by atoms with Crippen LogP contribution in [0.25, 0.3) is 0 Å². The average Bonchev–Trinajstić information content (AvgIpc) is 2.53. The van der Waals surface area contributed by atoms with E-state index in [0.717, 1.165) is 13.1 Å². The number of hydrogen-bond acceptors (Lipinski definition) is 7. The summed E-state index contributed by atoms with van der Waals surface area (Å²) in [4.78, 5) is 17.4. The van der Waals surface area contributed by atoms with Crippen LogP contribution >= 0.6 is 11.8 Å². The molecule has 0 N–H and O–H groups in total. The van der Waals surface area contributed by atoms with Crippen LogP contribution in [-0.4, -0.2) is 74.7 Å². The van der Waals surface area contributed by atoms with Crippen molar-refractivity contribution in [3.8, 4) is 0 Å². The van der Waals surface area contributed by atoms with Crippen molar-refractivity contribution in [3.63, 3.8) is 0 Å². The molecule has 0 bridgehead atoms. The molecule has 0 spiro atoms. The quantitative estimate of drug-likeness (QED) is 0.560. The molecule has 2 heterocycles. The van der Waals surface area contributed by atoms with Crippen LogP contribution in [0.1, 0.15) is 0 Å². The number of pyridine rings is 1. The van der Waals surface area contributed by atoms with Crippen molar-refractivity contribution in [2.75, 3.05) is 46.1 Å². The molecule has 1 aliphatic rings. The Labute approximate surface area is 134 Å². The number of thioether (sulfide) groups is 1. The first-order chi connectivity index (χ1) is 10.4. The second-order valence-corrected chi connectivity index (χ2v) is 7.84. The van der Waals surface area contributed by atoms with Crippen molar-refractivity contribution in [2.45, 2.75) is 9.92 Å². The number of carbonyl (C=O) groups excluding carboxylic acids is 1. The van der Waals surface area contributed by atoms with Crippen LogP contribution in [0.15, 0.2) is 28.3 Å². The minimum absolute atomic E-state index is 0.147. The van der Waals surface area contributed by atoms with Crippen LogP contribution < -0.4 is 0 Å². The van der Waals surface area contributed by atoms with Crippen LogP contribution in [0.3, 0.4) is 0 Å². The number of rotatable bonds is 5. The van der Waals surface area contributed by atoms with Gasteiger partial charge in [-0.05, 0) is 19.2 Å². The highest BCUT2D eigenvalue weighted by Gasteiger charge is 2.27. The van der Waals surface area contributed by atoms with Crippen molar-refractivity contribution in [1.29, 1.82) is 0 Å². The first-order valence-electron chi connectivity index (χ1n) is 6.78. The van der Waals surface area contributed by atoms with E-state index in [1.165, 1.54) is 35.4 Å². The molecule has 0 aromatic carbocycles. The van der Waals surface area contributed by atoms with Crippen molar-refractivity contribution >= 4 is 27.8 Å². The first-order valence-corrected chi connectivity index (χ1v) is 9.20. The zero-order valence-corrected chi connectivity index (χ0v) is 14.2. The molecule has 0 atom stereocenters. The number of aromatic nitrogens is 1. The number of hydrogen-bond donors (Lipinski definition) is 0. The average molecular weight is 345 g/mol. The number of likely N-dealkylation sites (N-methyl/N-ethyl adjacent to an activating group) is 1. The topological polar surface area (TPSA) is 79.8 Å². The van der Waals surface area contributed by atoms with Gasteiger partial charge in [0, 0.05) is 32.4 Å². The molecule has 9 heteroatoms. The Morgan fingerprint density at radius 3 is 2.55 bits per heavy atom. The summed E-state index contributed by atoms with van der Waals surface area (Å²) in [5.74, 6) is -0.199. The zero-order chi connectivity index (χ0) is 16.2. The van der Waals surface area contributed by atoms with Gasteiger partial charge < -0.3 is 9.64 Å². The van der Waals surface area contributed by atoms with E-state index < -0.39 is 10.0 Å². The molecule has 7 nitrogen and oxygen atoms in total. The summed E-state index contributed by atoms with van der Waals surface area (Å²) in [6.45, 7) is 2.41. The Morgan fingerprint density at radius 1 is 1.32 bits per heavy atom. The number of methoxy groups -OCH3 is 1. The maximum atomic E-state index is 12.5. The lowest BCUT2D eigenvalue weighted by molar-refractivity contribution is -0.137. The van der Waals surface area contributed by atoms with Gasteiger partial charge >= 0.3 is 5.97 Å². The number of nitrogens with zero attached hydrogens (tertiary/aromatic N) is 3. The third-order valence-corrected chi connectivity index (χ3v) is 6.17. The number of carbonyl (C=O) groups is 1. The van der Waals surface area contributed by atoms with Gasteiger partial charge in [0.25, 0.3) is 0 Å². The SMILES string of the molecule is COC(=O)CSc1ccc(S(=O)(=O)N2CCN(C)CC2)cn1. The number of ether oxygens (including phenoxy) is 1. The van der Waals surface area contributed by atoms with Crippen LogP contribution in [0.2, 0.25) is 0 Å². The Hall–Kier alpha value is -1.16. The molecular weight excluding hydrogens is 326 g/mol. The first kappa shape index (κ1) is 17.2. The molecule has 1 aromatic heterocycles. The molecule has 0 amide bonds. The highest BCUT2D eigenvalue weighted by molar-refractivity contribution is 7.99. The van der Waals surface area contributed by atoms with Gasteiger partial charge in [0.1, 0.15) is 4.90 Å². The Balaban J connectivity index is 2.04. The van der Waals surface area contributed by atoms with Crippen molar-refractivity contribution in [2.24, 2.45) is 0 Å². The second kappa shape index (κ2) is 7.40. The molecular formula is C13H19N3O4S2. The third-order valence-electron chi connectivity index (χ3n) is 3.37. The molecule has 22 heavy (non-hydrogen) atoms. The Bertz CT molecular complexity index is 611. The van der Waals surface area contributed by atoms with Crippen molar-refractivity contribution < 1.29 is 17.9 Å². The van der Waals surface area contributed by atoms with E-state index in [-0.39, 0.29) is 16.6 Å². The largest absolute Gasteiger partial charge is 0.468 e. The summed E-state index contributed by atoms with van der Waals surface area (Å²) < 4.78 is 31.0. The summed E-state index contributed by atoms with van der Waals surface area (Å²) in [7, 11) is -0.202. The molecule has 1 saturated heterocycles. The number of sulfonamides is 1. The van der Waals surface area contributed by atoms with E-state index in [1.807, 2.05) is 7.05 Å². The van der Waals surface area contributed by atoms with Gasteiger partial charge in [0.2, 0.25) is 10.0 Å². The van der Waals surface area contributed by atoms with Gasteiger partial charge in [-0.3, -0.25) is 4.79 Å². The van der Waals surface area contributed by atoms with E-state index in [4.69, 9.17) is 0 Å².